The van der Waals surface area contributed by atoms with E-state index < -0.39 is 11.6 Å². The van der Waals surface area contributed by atoms with Crippen molar-refractivity contribution >= 4 is 29.4 Å². The van der Waals surface area contributed by atoms with Gasteiger partial charge in [0, 0.05) is 17.5 Å². The fourth-order valence-electron chi connectivity index (χ4n) is 3.62. The van der Waals surface area contributed by atoms with Gasteiger partial charge < -0.3 is 10.2 Å². The lowest BCUT2D eigenvalue weighted by Crippen LogP contribution is -2.49. The van der Waals surface area contributed by atoms with Gasteiger partial charge in [0.15, 0.2) is 0 Å². The topological polar surface area (TPSA) is 78.5 Å². The number of urea groups is 1. The first-order chi connectivity index (χ1) is 11.0. The molecule has 3 fully saturated rings. The third-order valence-corrected chi connectivity index (χ3v) is 5.22. The van der Waals surface area contributed by atoms with E-state index in [1.165, 1.54) is 0 Å². The Morgan fingerprint density at radius 2 is 2.17 bits per heavy atom. The Morgan fingerprint density at radius 1 is 1.35 bits per heavy atom. The molecule has 7 heteroatoms. The second-order valence-electron chi connectivity index (χ2n) is 6.50. The summed E-state index contributed by atoms with van der Waals surface area (Å²) in [5, 5.41) is 5.59. The number of carbonyl (C=O) groups is 3. The van der Waals surface area contributed by atoms with Crippen LogP contribution in [0, 0.1) is 5.92 Å². The second kappa shape index (κ2) is 4.96. The summed E-state index contributed by atoms with van der Waals surface area (Å²) < 4.78 is 0. The van der Waals surface area contributed by atoms with Gasteiger partial charge in [-0.15, -0.1) is 0 Å². The fourth-order valence-corrected chi connectivity index (χ4v) is 3.82. The zero-order chi connectivity index (χ0) is 16.2. The Labute approximate surface area is 138 Å². The van der Waals surface area contributed by atoms with Crippen LogP contribution in [-0.4, -0.2) is 41.4 Å². The molecule has 3 aliphatic rings. The Kier molecular flexibility index (Phi) is 3.13. The number of halogens is 1. The standard InChI is InChI=1S/C16H16ClN3O3/c17-10-3-1-2-9(6-10)11-7-12(11)13(21)20-5-4-16(8-20)14(22)18-15(23)19-16/h1-3,6,11-12H,4-5,7-8H2,(H2,18,19,22,23)/t11-,12-,16+/m0/s1. The minimum Gasteiger partial charge on any atom is -0.339 e. The van der Waals surface area contributed by atoms with E-state index in [2.05, 4.69) is 10.6 Å². The first-order valence-corrected chi connectivity index (χ1v) is 8.04. The van der Waals surface area contributed by atoms with Crippen molar-refractivity contribution in [2.45, 2.75) is 24.3 Å². The highest BCUT2D eigenvalue weighted by molar-refractivity contribution is 6.30. The molecule has 0 unspecified atom stereocenters. The maximum absolute atomic E-state index is 12.7. The SMILES string of the molecule is O=C1NC(=O)[C@]2(CCN(C(=O)[C@H]3C[C@H]3c3cccc(Cl)c3)C2)N1. The van der Waals surface area contributed by atoms with E-state index in [0.29, 0.717) is 18.0 Å². The van der Waals surface area contributed by atoms with Gasteiger partial charge in [-0.25, -0.2) is 4.79 Å². The summed E-state index contributed by atoms with van der Waals surface area (Å²) >= 11 is 6.00. The van der Waals surface area contributed by atoms with E-state index in [9.17, 15) is 14.4 Å². The van der Waals surface area contributed by atoms with Crippen LogP contribution in [0.2, 0.25) is 5.02 Å². The van der Waals surface area contributed by atoms with Crippen LogP contribution in [-0.2, 0) is 9.59 Å². The number of nitrogens with zero attached hydrogens (tertiary/aromatic N) is 1. The second-order valence-corrected chi connectivity index (χ2v) is 6.94. The van der Waals surface area contributed by atoms with Gasteiger partial charge in [0.2, 0.25) is 5.91 Å². The average molecular weight is 334 g/mol. The molecule has 120 valence electrons. The van der Waals surface area contributed by atoms with Crippen molar-refractivity contribution in [3.63, 3.8) is 0 Å². The van der Waals surface area contributed by atoms with E-state index in [0.717, 1.165) is 12.0 Å². The molecule has 0 bridgehead atoms. The Bertz CT molecular complexity index is 722. The lowest BCUT2D eigenvalue weighted by Gasteiger charge is -2.21. The number of likely N-dealkylation sites (tertiary alicyclic amines) is 1. The highest BCUT2D eigenvalue weighted by atomic mass is 35.5. The Balaban J connectivity index is 1.44. The highest BCUT2D eigenvalue weighted by Gasteiger charge is 2.54. The van der Waals surface area contributed by atoms with Crippen LogP contribution in [0.15, 0.2) is 24.3 Å². The minimum absolute atomic E-state index is 0.0521. The predicted octanol–water partition coefficient (Wildman–Crippen LogP) is 1.25. The molecule has 0 radical (unpaired) electrons. The van der Waals surface area contributed by atoms with Gasteiger partial charge in [0.05, 0.1) is 6.54 Å². The van der Waals surface area contributed by atoms with Crippen LogP contribution in [0.5, 0.6) is 0 Å². The molecule has 2 N–H and O–H groups in total. The molecule has 2 saturated heterocycles. The lowest BCUT2D eigenvalue weighted by molar-refractivity contribution is -0.132. The smallest absolute Gasteiger partial charge is 0.322 e. The summed E-state index contributed by atoms with van der Waals surface area (Å²) in [7, 11) is 0. The van der Waals surface area contributed by atoms with Crippen molar-refractivity contribution in [2.75, 3.05) is 13.1 Å². The molecule has 0 aromatic heterocycles. The number of benzene rings is 1. The van der Waals surface area contributed by atoms with Crippen LogP contribution in [0.4, 0.5) is 4.79 Å². The maximum atomic E-state index is 12.7. The molecule has 1 aliphatic carbocycles. The van der Waals surface area contributed by atoms with E-state index in [1.807, 2.05) is 24.3 Å². The van der Waals surface area contributed by atoms with Crippen LogP contribution in [0.25, 0.3) is 0 Å². The average Bonchev–Trinajstić information content (AvgIpc) is 3.12. The number of imide groups is 1. The highest BCUT2D eigenvalue weighted by Crippen LogP contribution is 2.49. The van der Waals surface area contributed by atoms with Crippen LogP contribution >= 0.6 is 11.6 Å². The van der Waals surface area contributed by atoms with Crippen molar-refractivity contribution < 1.29 is 14.4 Å². The van der Waals surface area contributed by atoms with E-state index in [1.54, 1.807) is 4.90 Å². The number of nitrogens with one attached hydrogen (secondary N) is 2. The predicted molar refractivity (Wildman–Crippen MR) is 82.9 cm³/mol. The monoisotopic (exact) mass is 333 g/mol. The van der Waals surface area contributed by atoms with Crippen LogP contribution < -0.4 is 10.6 Å². The van der Waals surface area contributed by atoms with Crippen LogP contribution in [0.1, 0.15) is 24.3 Å². The van der Waals surface area contributed by atoms with E-state index >= 15 is 0 Å². The Morgan fingerprint density at radius 3 is 2.87 bits per heavy atom. The minimum atomic E-state index is -0.937. The molecular weight excluding hydrogens is 318 g/mol. The molecule has 2 heterocycles. The summed E-state index contributed by atoms with van der Waals surface area (Å²) in [5.74, 6) is -0.130. The lowest BCUT2D eigenvalue weighted by atomic mass is 9.99. The van der Waals surface area contributed by atoms with Gasteiger partial charge in [-0.2, -0.15) is 0 Å². The summed E-state index contributed by atoms with van der Waals surface area (Å²) in [6.07, 6.45) is 1.27. The quantitative estimate of drug-likeness (QED) is 0.800. The summed E-state index contributed by atoms with van der Waals surface area (Å²) in [4.78, 5) is 37.6. The number of carbonyl (C=O) groups excluding carboxylic acids is 3. The van der Waals surface area contributed by atoms with Gasteiger partial charge in [0.1, 0.15) is 5.54 Å². The maximum Gasteiger partial charge on any atom is 0.322 e. The van der Waals surface area contributed by atoms with Gasteiger partial charge in [0.25, 0.3) is 5.91 Å². The fraction of sp³-hybridized carbons (Fsp3) is 0.438. The number of amides is 4. The number of hydrogen-bond acceptors (Lipinski definition) is 3. The zero-order valence-electron chi connectivity index (χ0n) is 12.3. The third kappa shape index (κ3) is 2.37. The molecule has 4 amide bonds. The van der Waals surface area contributed by atoms with Crippen molar-refractivity contribution in [1.82, 2.24) is 15.5 Å². The molecule has 4 rings (SSSR count). The number of hydrogen-bond donors (Lipinski definition) is 2. The van der Waals surface area contributed by atoms with E-state index in [4.69, 9.17) is 11.6 Å². The first-order valence-electron chi connectivity index (χ1n) is 7.66. The van der Waals surface area contributed by atoms with Crippen molar-refractivity contribution in [1.29, 1.82) is 0 Å². The van der Waals surface area contributed by atoms with Gasteiger partial charge in [-0.3, -0.25) is 14.9 Å². The van der Waals surface area contributed by atoms with Gasteiger partial charge in [-0.05, 0) is 36.5 Å². The molecule has 1 saturated carbocycles. The largest absolute Gasteiger partial charge is 0.339 e. The molecule has 2 aliphatic heterocycles. The van der Waals surface area contributed by atoms with Crippen molar-refractivity contribution in [2.24, 2.45) is 5.92 Å². The number of rotatable bonds is 2. The molecule has 3 atom stereocenters. The van der Waals surface area contributed by atoms with Gasteiger partial charge >= 0.3 is 6.03 Å². The Hall–Kier alpha value is -2.08. The molecule has 1 aromatic rings. The van der Waals surface area contributed by atoms with Crippen LogP contribution in [0.3, 0.4) is 0 Å². The zero-order valence-corrected chi connectivity index (χ0v) is 13.1. The van der Waals surface area contributed by atoms with Gasteiger partial charge in [-0.1, -0.05) is 23.7 Å². The molecule has 6 nitrogen and oxygen atoms in total. The summed E-state index contributed by atoms with van der Waals surface area (Å²) in [6.45, 7) is 0.744. The third-order valence-electron chi connectivity index (χ3n) is 4.98. The molecule has 1 spiro atoms. The normalized spacial score (nSPS) is 32.1. The van der Waals surface area contributed by atoms with E-state index in [-0.39, 0.29) is 30.2 Å². The summed E-state index contributed by atoms with van der Waals surface area (Å²) in [5.41, 5.74) is 0.143. The summed E-state index contributed by atoms with van der Waals surface area (Å²) in [6, 6.07) is 7.11. The molecule has 1 aromatic carbocycles. The molecule has 23 heavy (non-hydrogen) atoms. The first kappa shape index (κ1) is 14.5. The van der Waals surface area contributed by atoms with Crippen molar-refractivity contribution in [3.8, 4) is 0 Å². The van der Waals surface area contributed by atoms with Crippen molar-refractivity contribution in [3.05, 3.63) is 34.9 Å². The molecular formula is C16H16ClN3O3.